The largest absolute Gasteiger partial charge is 1.00 e. The molecule has 0 fully saturated rings. The smallest absolute Gasteiger partial charge is 0.494 e. The third-order valence-corrected chi connectivity index (χ3v) is 7.96. The molecule has 3 rings (SSSR count). The SMILES string of the molecule is COc1ccc(-c2c(Cl)ncn2-c2ccc(S(=O)(=O)[N-]P(=O)(OC)OC)cc2)cc1F.[K+]. The number of sulfonamides is 1. The van der Waals surface area contributed by atoms with Crippen LogP contribution in [0.1, 0.15) is 0 Å². The van der Waals surface area contributed by atoms with E-state index in [-0.39, 0.29) is 67.2 Å². The molecule has 9 nitrogen and oxygen atoms in total. The van der Waals surface area contributed by atoms with Gasteiger partial charge in [0.1, 0.15) is 16.4 Å². The minimum absolute atomic E-state index is 0. The van der Waals surface area contributed by atoms with Crippen LogP contribution in [0.5, 0.6) is 5.75 Å². The molecule has 0 bridgehead atoms. The maximum absolute atomic E-state index is 14.2. The average molecular weight is 528 g/mol. The summed E-state index contributed by atoms with van der Waals surface area (Å²) in [5, 5.41) is 0.123. The van der Waals surface area contributed by atoms with Crippen LogP contribution < -0.4 is 56.1 Å². The molecular weight excluding hydrogens is 511 g/mol. The van der Waals surface area contributed by atoms with Gasteiger partial charge < -0.3 is 18.3 Å². The Morgan fingerprint density at radius 1 is 1.09 bits per heavy atom. The first-order valence-corrected chi connectivity index (χ1v) is 11.8. The van der Waals surface area contributed by atoms with Crippen LogP contribution in [-0.2, 0) is 23.6 Å². The van der Waals surface area contributed by atoms with Gasteiger partial charge in [-0.25, -0.2) is 17.8 Å². The van der Waals surface area contributed by atoms with Gasteiger partial charge in [-0.3, -0.25) is 9.13 Å². The Morgan fingerprint density at radius 2 is 1.72 bits per heavy atom. The Kier molecular flexibility index (Phi) is 9.66. The predicted molar refractivity (Wildman–Crippen MR) is 113 cm³/mol. The molecular formula is C18H17ClFKN3O6PS. The molecule has 3 aromatic rings. The summed E-state index contributed by atoms with van der Waals surface area (Å²) in [4.78, 5) is 3.82. The van der Waals surface area contributed by atoms with Crippen LogP contribution in [0.2, 0.25) is 5.15 Å². The van der Waals surface area contributed by atoms with Gasteiger partial charge in [0.05, 0.1) is 12.8 Å². The van der Waals surface area contributed by atoms with Crippen LogP contribution in [0.15, 0.2) is 53.7 Å². The van der Waals surface area contributed by atoms with Gasteiger partial charge in [0.15, 0.2) is 16.7 Å². The molecule has 14 heteroatoms. The van der Waals surface area contributed by atoms with E-state index in [2.05, 4.69) is 18.5 Å². The second-order valence-electron chi connectivity index (χ2n) is 5.99. The van der Waals surface area contributed by atoms with E-state index in [1.165, 1.54) is 49.8 Å². The molecule has 0 atom stereocenters. The zero-order valence-electron chi connectivity index (χ0n) is 17.5. The van der Waals surface area contributed by atoms with Crippen molar-refractivity contribution in [3.63, 3.8) is 0 Å². The monoisotopic (exact) mass is 527 g/mol. The van der Waals surface area contributed by atoms with Gasteiger partial charge >= 0.3 is 51.4 Å². The summed E-state index contributed by atoms with van der Waals surface area (Å²) in [6.07, 6.45) is 1.41. The molecule has 0 radical (unpaired) electrons. The number of methoxy groups -OCH3 is 1. The molecule has 32 heavy (non-hydrogen) atoms. The molecule has 0 amide bonds. The van der Waals surface area contributed by atoms with Gasteiger partial charge in [-0.05, 0) is 42.5 Å². The first-order valence-electron chi connectivity index (χ1n) is 8.52. The van der Waals surface area contributed by atoms with Crippen molar-refractivity contribution in [1.29, 1.82) is 0 Å². The second-order valence-corrected chi connectivity index (χ2v) is 10.1. The van der Waals surface area contributed by atoms with E-state index in [1.807, 2.05) is 0 Å². The number of imidazole rings is 1. The summed E-state index contributed by atoms with van der Waals surface area (Å²) in [6.45, 7) is 0. The van der Waals surface area contributed by atoms with Crippen LogP contribution in [0.3, 0.4) is 0 Å². The fourth-order valence-corrected chi connectivity index (χ4v) is 5.53. The number of hydrogen-bond donors (Lipinski definition) is 0. The summed E-state index contributed by atoms with van der Waals surface area (Å²) >= 11 is 6.21. The topological polar surface area (TPSA) is 111 Å². The Bertz CT molecular complexity index is 1250. The molecule has 0 saturated carbocycles. The number of rotatable bonds is 8. The molecule has 0 saturated heterocycles. The Balaban J connectivity index is 0.00000363. The molecule has 2 aromatic carbocycles. The average Bonchev–Trinajstić information content (AvgIpc) is 3.14. The van der Waals surface area contributed by atoms with Crippen molar-refractivity contribution in [1.82, 2.24) is 9.55 Å². The molecule has 0 unspecified atom stereocenters. The summed E-state index contributed by atoms with van der Waals surface area (Å²) in [7, 11) is -5.04. The number of benzene rings is 2. The number of aromatic nitrogens is 2. The maximum atomic E-state index is 14.2. The molecule has 0 spiro atoms. The van der Waals surface area contributed by atoms with E-state index in [0.717, 1.165) is 14.2 Å². The third kappa shape index (κ3) is 5.88. The summed E-state index contributed by atoms with van der Waals surface area (Å²) in [5.41, 5.74) is 1.33. The van der Waals surface area contributed by atoms with Crippen molar-refractivity contribution < 1.29 is 82.5 Å². The summed E-state index contributed by atoms with van der Waals surface area (Å²) in [6, 6.07) is 9.78. The summed E-state index contributed by atoms with van der Waals surface area (Å²) in [5.74, 6) is -0.499. The van der Waals surface area contributed by atoms with Crippen molar-refractivity contribution in [3.8, 4) is 22.7 Å². The van der Waals surface area contributed by atoms with Crippen LogP contribution in [0.4, 0.5) is 4.39 Å². The normalized spacial score (nSPS) is 11.8. The van der Waals surface area contributed by atoms with E-state index in [1.54, 1.807) is 10.6 Å². The fraction of sp³-hybridized carbons (Fsp3) is 0.167. The van der Waals surface area contributed by atoms with Gasteiger partial charge in [-0.15, -0.1) is 0 Å². The van der Waals surface area contributed by atoms with Gasteiger partial charge in [-0.1, -0.05) is 11.6 Å². The molecule has 1 aromatic heterocycles. The van der Waals surface area contributed by atoms with Gasteiger partial charge in [-0.2, -0.15) is 0 Å². The van der Waals surface area contributed by atoms with E-state index in [9.17, 15) is 17.4 Å². The predicted octanol–water partition coefficient (Wildman–Crippen LogP) is 1.81. The van der Waals surface area contributed by atoms with E-state index >= 15 is 0 Å². The van der Waals surface area contributed by atoms with E-state index in [0.29, 0.717) is 16.9 Å². The van der Waals surface area contributed by atoms with Crippen LogP contribution in [-0.4, -0.2) is 39.3 Å². The minimum Gasteiger partial charge on any atom is -0.494 e. The van der Waals surface area contributed by atoms with Crippen LogP contribution >= 0.6 is 19.3 Å². The molecule has 0 aliphatic carbocycles. The number of hydrogen-bond acceptors (Lipinski definition) is 7. The van der Waals surface area contributed by atoms with Crippen LogP contribution in [0, 0.1) is 5.82 Å². The molecule has 0 aliphatic rings. The summed E-state index contributed by atoms with van der Waals surface area (Å²) < 4.78 is 69.9. The fourth-order valence-electron chi connectivity index (χ4n) is 2.69. The first kappa shape index (κ1) is 27.6. The number of nitrogens with zero attached hydrogens (tertiary/aromatic N) is 3. The molecule has 0 N–H and O–H groups in total. The van der Waals surface area contributed by atoms with Crippen molar-refractivity contribution in [2.24, 2.45) is 0 Å². The zero-order valence-corrected chi connectivity index (χ0v) is 23.1. The van der Waals surface area contributed by atoms with E-state index < -0.39 is 23.6 Å². The Labute approximate surface area is 232 Å². The maximum Gasteiger partial charge on any atom is 1.00 e. The quantitative estimate of drug-likeness (QED) is 0.324. The molecule has 1 heterocycles. The van der Waals surface area contributed by atoms with Crippen molar-refractivity contribution in [2.75, 3.05) is 21.3 Å². The van der Waals surface area contributed by atoms with E-state index in [4.69, 9.17) is 16.3 Å². The Hall–Kier alpha value is -0.634. The van der Waals surface area contributed by atoms with Crippen LogP contribution in [0.25, 0.3) is 21.4 Å². The Morgan fingerprint density at radius 3 is 2.25 bits per heavy atom. The van der Waals surface area contributed by atoms with Gasteiger partial charge in [0, 0.05) is 30.4 Å². The van der Waals surface area contributed by atoms with Gasteiger partial charge in [0.2, 0.25) is 0 Å². The van der Waals surface area contributed by atoms with Crippen molar-refractivity contribution >= 4 is 29.4 Å². The molecule has 166 valence electrons. The zero-order chi connectivity index (χ0) is 22.8. The standard InChI is InChI=1S/C18H17ClFN3O6PS.K/c1-27-16-9-4-12(10-15(16)20)17-18(19)21-11-23(17)13-5-7-14(8-6-13)31(25,26)22-30(24,28-2)29-3;/h4-11H,1-3H3;/q-1;+1. The second kappa shape index (κ2) is 11.2. The minimum atomic E-state index is -4.31. The molecule has 0 aliphatic heterocycles. The number of ether oxygens (including phenoxy) is 1. The van der Waals surface area contributed by atoms with Crippen molar-refractivity contribution in [3.05, 3.63) is 64.3 Å². The van der Waals surface area contributed by atoms with Gasteiger partial charge in [0.25, 0.3) is 7.75 Å². The number of halogens is 2. The first-order chi connectivity index (χ1) is 14.6. The third-order valence-electron chi connectivity index (χ3n) is 4.23. The van der Waals surface area contributed by atoms with Crippen molar-refractivity contribution in [2.45, 2.75) is 4.90 Å².